The fraction of sp³-hybridized carbons (Fsp3) is 0.478. The first kappa shape index (κ1) is 26.6. The van der Waals surface area contributed by atoms with Crippen molar-refractivity contribution in [2.75, 3.05) is 18.6 Å². The van der Waals surface area contributed by atoms with Crippen LogP contribution in [0, 0.1) is 0 Å². The largest absolute Gasteiger partial charge is 0.463 e. The number of rotatable bonds is 7. The van der Waals surface area contributed by atoms with Crippen LogP contribution < -0.4 is 10.2 Å². The lowest BCUT2D eigenvalue weighted by molar-refractivity contribution is -0.278. The van der Waals surface area contributed by atoms with Crippen LogP contribution in [0.1, 0.15) is 33.3 Å². The fourth-order valence-electron chi connectivity index (χ4n) is 3.92. The molecule has 2 heterocycles. The Morgan fingerprint density at radius 1 is 1.00 bits per heavy atom. The van der Waals surface area contributed by atoms with Gasteiger partial charge < -0.3 is 34.0 Å². The van der Waals surface area contributed by atoms with Gasteiger partial charge in [-0.1, -0.05) is 23.4 Å². The zero-order valence-electron chi connectivity index (χ0n) is 20.4. The van der Waals surface area contributed by atoms with Crippen LogP contribution in [-0.2, 0) is 47.8 Å². The Labute approximate surface area is 206 Å². The van der Waals surface area contributed by atoms with Crippen LogP contribution in [0.4, 0.5) is 5.69 Å². The topological polar surface area (TPSA) is 159 Å². The number of hydrogen-bond acceptors (Lipinski definition) is 11. The number of oxime groups is 1. The molecule has 0 aliphatic carbocycles. The smallest absolute Gasteiger partial charge is 0.303 e. The highest BCUT2D eigenvalue weighted by molar-refractivity contribution is 6.54. The standard InChI is InChI=1S/C23H27N3O10/c1-11(27)24-19-21(34-14(4)30)20(33-13(3)29)17(10-32-12(2)28)35-23(19)36-25-18-15-8-6-7-9-16(15)26(5)22(18)31/h6-9,17,19-21,23H,10H2,1-5H3,(H,24,27)/b25-18-/t17-,19+,20+,21+,23+/m1/s1. The number of carbonyl (C=O) groups is 5. The van der Waals surface area contributed by atoms with Crippen LogP contribution in [0.25, 0.3) is 0 Å². The number of esters is 3. The zero-order valence-corrected chi connectivity index (χ0v) is 20.4. The van der Waals surface area contributed by atoms with Crippen molar-refractivity contribution in [2.24, 2.45) is 5.16 Å². The predicted molar refractivity (Wildman–Crippen MR) is 121 cm³/mol. The maximum atomic E-state index is 12.7. The molecule has 0 aromatic heterocycles. The number of nitrogens with one attached hydrogen (secondary N) is 1. The van der Waals surface area contributed by atoms with Crippen molar-refractivity contribution in [2.45, 2.75) is 58.3 Å². The van der Waals surface area contributed by atoms with E-state index in [9.17, 15) is 24.0 Å². The van der Waals surface area contributed by atoms with Gasteiger partial charge in [0.05, 0.1) is 5.69 Å². The van der Waals surface area contributed by atoms with Crippen LogP contribution in [0.2, 0.25) is 0 Å². The molecule has 0 bridgehead atoms. The highest BCUT2D eigenvalue weighted by Gasteiger charge is 2.52. The van der Waals surface area contributed by atoms with E-state index in [2.05, 4.69) is 10.5 Å². The van der Waals surface area contributed by atoms with E-state index in [0.29, 0.717) is 11.3 Å². The molecule has 1 aromatic carbocycles. The summed E-state index contributed by atoms with van der Waals surface area (Å²) in [6.45, 7) is 4.26. The van der Waals surface area contributed by atoms with E-state index < -0.39 is 67.0 Å². The molecule has 2 amide bonds. The Morgan fingerprint density at radius 2 is 1.64 bits per heavy atom. The quantitative estimate of drug-likeness (QED) is 0.304. The Kier molecular flexibility index (Phi) is 8.25. The van der Waals surface area contributed by atoms with Gasteiger partial charge in [0.1, 0.15) is 18.8 Å². The van der Waals surface area contributed by atoms with Crippen molar-refractivity contribution in [3.63, 3.8) is 0 Å². The van der Waals surface area contributed by atoms with Crippen LogP contribution in [0.3, 0.4) is 0 Å². The van der Waals surface area contributed by atoms with Gasteiger partial charge in [-0.05, 0) is 6.07 Å². The van der Waals surface area contributed by atoms with Crippen molar-refractivity contribution < 1.29 is 47.8 Å². The average Bonchev–Trinajstić information content (AvgIpc) is 3.03. The van der Waals surface area contributed by atoms with Crippen LogP contribution >= 0.6 is 0 Å². The predicted octanol–water partition coefficient (Wildman–Crippen LogP) is 0.0398. The minimum Gasteiger partial charge on any atom is -0.463 e. The molecular formula is C23H27N3O10. The summed E-state index contributed by atoms with van der Waals surface area (Å²) < 4.78 is 21.6. The van der Waals surface area contributed by atoms with Gasteiger partial charge in [0, 0.05) is 40.3 Å². The molecule has 1 aromatic rings. The van der Waals surface area contributed by atoms with E-state index in [-0.39, 0.29) is 5.71 Å². The molecule has 5 atom stereocenters. The third kappa shape index (κ3) is 5.97. The van der Waals surface area contributed by atoms with Crippen molar-refractivity contribution in [3.05, 3.63) is 29.8 Å². The summed E-state index contributed by atoms with van der Waals surface area (Å²) in [4.78, 5) is 66.9. The third-order valence-corrected chi connectivity index (χ3v) is 5.35. The molecule has 1 N–H and O–H groups in total. The van der Waals surface area contributed by atoms with Crippen LogP contribution in [0.15, 0.2) is 29.4 Å². The molecule has 1 fully saturated rings. The van der Waals surface area contributed by atoms with Crippen molar-refractivity contribution >= 4 is 41.1 Å². The zero-order chi connectivity index (χ0) is 26.6. The molecule has 0 spiro atoms. The number of hydrogen-bond donors (Lipinski definition) is 1. The summed E-state index contributed by atoms with van der Waals surface area (Å²) >= 11 is 0. The highest BCUT2D eigenvalue weighted by Crippen LogP contribution is 2.30. The number of amides is 2. The lowest BCUT2D eigenvalue weighted by Crippen LogP contribution is -2.66. The van der Waals surface area contributed by atoms with Gasteiger partial charge in [-0.3, -0.25) is 24.0 Å². The van der Waals surface area contributed by atoms with Gasteiger partial charge >= 0.3 is 17.9 Å². The van der Waals surface area contributed by atoms with E-state index in [4.69, 9.17) is 23.8 Å². The maximum absolute atomic E-state index is 12.7. The summed E-state index contributed by atoms with van der Waals surface area (Å²) in [6.07, 6.45) is -5.16. The lowest BCUT2D eigenvalue weighted by Gasteiger charge is -2.43. The van der Waals surface area contributed by atoms with E-state index in [1.165, 1.54) is 18.7 Å². The Morgan fingerprint density at radius 3 is 2.25 bits per heavy atom. The van der Waals surface area contributed by atoms with Gasteiger partial charge in [0.15, 0.2) is 17.9 Å². The highest BCUT2D eigenvalue weighted by atomic mass is 16.8. The van der Waals surface area contributed by atoms with E-state index in [0.717, 1.165) is 13.8 Å². The number of ether oxygens (including phenoxy) is 4. The lowest BCUT2D eigenvalue weighted by atomic mass is 9.96. The van der Waals surface area contributed by atoms with Crippen molar-refractivity contribution in [1.82, 2.24) is 5.32 Å². The van der Waals surface area contributed by atoms with Crippen molar-refractivity contribution in [1.29, 1.82) is 0 Å². The molecule has 2 aliphatic rings. The second-order valence-corrected chi connectivity index (χ2v) is 8.15. The molecule has 0 unspecified atom stereocenters. The SMILES string of the molecule is CC(=O)N[C@@H]1[C@H](O/N=C2\C(=O)N(C)c3ccccc32)O[C@H](COC(C)=O)[C@H](OC(C)=O)[C@H]1OC(C)=O. The molecule has 36 heavy (non-hydrogen) atoms. The van der Waals surface area contributed by atoms with Gasteiger partial charge in [-0.25, -0.2) is 0 Å². The number of carbonyl (C=O) groups excluding carboxylic acids is 5. The second-order valence-electron chi connectivity index (χ2n) is 8.15. The van der Waals surface area contributed by atoms with E-state index >= 15 is 0 Å². The number of anilines is 1. The van der Waals surface area contributed by atoms with E-state index in [1.807, 2.05) is 0 Å². The first-order valence-corrected chi connectivity index (χ1v) is 11.0. The number of likely N-dealkylation sites (N-methyl/N-ethyl adjacent to an activating group) is 1. The van der Waals surface area contributed by atoms with E-state index in [1.54, 1.807) is 31.3 Å². The van der Waals surface area contributed by atoms with Crippen LogP contribution in [-0.4, -0.2) is 79.7 Å². The molecule has 1 saturated heterocycles. The Balaban J connectivity index is 1.99. The van der Waals surface area contributed by atoms with Gasteiger partial charge in [-0.2, -0.15) is 0 Å². The molecular weight excluding hydrogens is 478 g/mol. The van der Waals surface area contributed by atoms with Crippen LogP contribution in [0.5, 0.6) is 0 Å². The number of fused-ring (bicyclic) bond motifs is 1. The van der Waals surface area contributed by atoms with Gasteiger partial charge in [0.2, 0.25) is 5.91 Å². The minimum absolute atomic E-state index is 0.0130. The fourth-order valence-corrected chi connectivity index (χ4v) is 3.92. The molecule has 0 radical (unpaired) electrons. The molecule has 2 aliphatic heterocycles. The monoisotopic (exact) mass is 505 g/mol. The molecule has 194 valence electrons. The minimum atomic E-state index is -1.43. The number of nitrogens with zero attached hydrogens (tertiary/aromatic N) is 2. The molecule has 0 saturated carbocycles. The maximum Gasteiger partial charge on any atom is 0.303 e. The first-order valence-electron chi connectivity index (χ1n) is 11.0. The summed E-state index contributed by atoms with van der Waals surface area (Å²) in [5.41, 5.74) is 1.12. The summed E-state index contributed by atoms with van der Waals surface area (Å²) in [7, 11) is 1.58. The first-order chi connectivity index (χ1) is 17.0. The second kappa shape index (κ2) is 11.2. The summed E-state index contributed by atoms with van der Waals surface area (Å²) in [5.74, 6) is -3.08. The number of benzene rings is 1. The van der Waals surface area contributed by atoms with Gasteiger partial charge in [-0.15, -0.1) is 0 Å². The normalized spacial score (nSPS) is 26.1. The molecule has 3 rings (SSSR count). The van der Waals surface area contributed by atoms with Gasteiger partial charge in [0.25, 0.3) is 12.2 Å². The number of para-hydroxylation sites is 1. The third-order valence-electron chi connectivity index (χ3n) is 5.35. The average molecular weight is 505 g/mol. The molecule has 13 heteroatoms. The Bertz CT molecular complexity index is 1090. The molecule has 13 nitrogen and oxygen atoms in total. The summed E-state index contributed by atoms with van der Waals surface area (Å²) in [5, 5.41) is 6.56. The Hall–Kier alpha value is -4.00. The summed E-state index contributed by atoms with van der Waals surface area (Å²) in [6, 6.07) is 5.71. The van der Waals surface area contributed by atoms with Crippen molar-refractivity contribution in [3.8, 4) is 0 Å².